The quantitative estimate of drug-likeness (QED) is 0.594. The zero-order chi connectivity index (χ0) is 6.85. The fourth-order valence-electron chi connectivity index (χ4n) is 0.744. The molecule has 0 bridgehead atoms. The molecule has 1 radical (unpaired) electrons. The summed E-state index contributed by atoms with van der Waals surface area (Å²) in [4.78, 5) is 4.07. The Hall–Kier alpha value is 0.124. The molecule has 0 atom stereocenters. The Kier molecular flexibility index (Phi) is 4.15. The van der Waals surface area contributed by atoms with Crippen molar-refractivity contribution < 1.29 is 32.7 Å². The molecule has 0 saturated heterocycles. The van der Waals surface area contributed by atoms with Crippen molar-refractivity contribution in [3.8, 4) is 0 Å². The van der Waals surface area contributed by atoms with E-state index in [9.17, 15) is 0 Å². The number of aryl methyl sites for hydroxylation is 2. The molecule has 1 heterocycles. The van der Waals surface area contributed by atoms with Gasteiger partial charge in [0, 0.05) is 38.9 Å². The van der Waals surface area contributed by atoms with Crippen molar-refractivity contribution in [1.82, 2.24) is 4.98 Å². The molecule has 0 aliphatic heterocycles. The maximum absolute atomic E-state index is 4.07. The third-order valence-corrected chi connectivity index (χ3v) is 1.32. The van der Waals surface area contributed by atoms with Gasteiger partial charge in [0.05, 0.1) is 0 Å². The summed E-state index contributed by atoms with van der Waals surface area (Å²) in [6.07, 6.45) is 1.83. The zero-order valence-corrected chi connectivity index (χ0v) is 9.22. The molecule has 0 spiro atoms. The van der Waals surface area contributed by atoms with Gasteiger partial charge in [-0.3, -0.25) is 4.98 Å². The average molecular weight is 209 g/mol. The summed E-state index contributed by atoms with van der Waals surface area (Å²) in [6, 6.07) is 2.08. The van der Waals surface area contributed by atoms with E-state index in [4.69, 9.17) is 0 Å². The first-order valence-corrected chi connectivity index (χ1v) is 2.95. The minimum absolute atomic E-state index is 0. The normalized spacial score (nSPS) is 8.60. The summed E-state index contributed by atoms with van der Waals surface area (Å²) in [6.45, 7) is 7.79. The molecule has 2 heteroatoms. The molecule has 0 aromatic carbocycles. The number of pyridine rings is 1. The zero-order valence-electron chi connectivity index (χ0n) is 6.39. The van der Waals surface area contributed by atoms with E-state index < -0.39 is 0 Å². The van der Waals surface area contributed by atoms with E-state index in [-0.39, 0.29) is 32.7 Å². The summed E-state index contributed by atoms with van der Waals surface area (Å²) in [5.41, 5.74) is 3.23. The molecule has 10 heavy (non-hydrogen) atoms. The van der Waals surface area contributed by atoms with Crippen molar-refractivity contribution in [3.63, 3.8) is 0 Å². The van der Waals surface area contributed by atoms with Gasteiger partial charge in [-0.2, -0.15) is 5.56 Å². The van der Waals surface area contributed by atoms with Crippen LogP contribution in [0.4, 0.5) is 0 Å². The first-order valence-electron chi connectivity index (χ1n) is 2.95. The molecule has 1 aromatic heterocycles. The average Bonchev–Trinajstić information content (AvgIpc) is 1.80. The molecule has 0 aliphatic carbocycles. The molecule has 0 N–H and O–H groups in total. The standard InChI is InChI=1S/C8H10N.Y/c1-6-4-7(2)8(3)9-5-6;/h4-5H,3H2,1-2H3;/q-1;. The summed E-state index contributed by atoms with van der Waals surface area (Å²) < 4.78 is 0. The van der Waals surface area contributed by atoms with Gasteiger partial charge in [0.2, 0.25) is 0 Å². The number of aromatic nitrogens is 1. The van der Waals surface area contributed by atoms with Gasteiger partial charge in [0.15, 0.2) is 0 Å². The van der Waals surface area contributed by atoms with Crippen LogP contribution < -0.4 is 0 Å². The summed E-state index contributed by atoms with van der Waals surface area (Å²) in [5.74, 6) is 0. The molecule has 0 saturated carbocycles. The van der Waals surface area contributed by atoms with E-state index in [0.29, 0.717) is 0 Å². The fraction of sp³-hybridized carbons (Fsp3) is 0.250. The van der Waals surface area contributed by atoms with Crippen molar-refractivity contribution in [2.75, 3.05) is 0 Å². The Labute approximate surface area is 87.1 Å². The second kappa shape index (κ2) is 4.10. The number of hydrogen-bond donors (Lipinski definition) is 0. The number of nitrogens with zero attached hydrogens (tertiary/aromatic N) is 1. The molecule has 1 rings (SSSR count). The second-order valence-electron chi connectivity index (χ2n) is 2.28. The van der Waals surface area contributed by atoms with Gasteiger partial charge in [0.25, 0.3) is 0 Å². The maximum atomic E-state index is 4.07. The summed E-state index contributed by atoms with van der Waals surface area (Å²) >= 11 is 0. The van der Waals surface area contributed by atoms with E-state index in [1.807, 2.05) is 20.0 Å². The van der Waals surface area contributed by atoms with E-state index in [1.54, 1.807) is 0 Å². The van der Waals surface area contributed by atoms with Crippen LogP contribution in [0.15, 0.2) is 12.3 Å². The third kappa shape index (κ3) is 2.39. The third-order valence-electron chi connectivity index (χ3n) is 1.32. The van der Waals surface area contributed by atoms with Crippen molar-refractivity contribution >= 4 is 0 Å². The number of hydrogen-bond acceptors (Lipinski definition) is 1. The van der Waals surface area contributed by atoms with E-state index >= 15 is 0 Å². The minimum Gasteiger partial charge on any atom is -0.295 e. The Balaban J connectivity index is 0.000000810. The molecule has 0 amide bonds. The van der Waals surface area contributed by atoms with Crippen LogP contribution in [-0.2, 0) is 32.7 Å². The van der Waals surface area contributed by atoms with E-state index in [0.717, 1.165) is 11.3 Å². The maximum Gasteiger partial charge on any atom is 0.0252 e. The van der Waals surface area contributed by atoms with E-state index in [2.05, 4.69) is 18.0 Å². The molecule has 0 fully saturated rings. The Morgan fingerprint density at radius 2 is 2.00 bits per heavy atom. The largest absolute Gasteiger partial charge is 0.295 e. The first-order chi connectivity index (χ1) is 4.20. The van der Waals surface area contributed by atoms with Crippen molar-refractivity contribution in [2.24, 2.45) is 0 Å². The van der Waals surface area contributed by atoms with Crippen LogP contribution in [0.1, 0.15) is 16.8 Å². The van der Waals surface area contributed by atoms with Gasteiger partial charge in [-0.1, -0.05) is 11.3 Å². The van der Waals surface area contributed by atoms with Crippen LogP contribution in [0.2, 0.25) is 0 Å². The summed E-state index contributed by atoms with van der Waals surface area (Å²) in [5, 5.41) is 0. The van der Waals surface area contributed by atoms with Gasteiger partial charge in [-0.25, -0.2) is 6.92 Å². The van der Waals surface area contributed by atoms with Crippen LogP contribution >= 0.6 is 0 Å². The predicted octanol–water partition coefficient (Wildman–Crippen LogP) is 1.88. The van der Waals surface area contributed by atoms with E-state index in [1.165, 1.54) is 5.56 Å². The van der Waals surface area contributed by atoms with Gasteiger partial charge in [0.1, 0.15) is 0 Å². The predicted molar refractivity (Wildman–Crippen MR) is 38.2 cm³/mol. The van der Waals surface area contributed by atoms with Crippen LogP contribution in [0.5, 0.6) is 0 Å². The van der Waals surface area contributed by atoms with Crippen LogP contribution in [0.25, 0.3) is 0 Å². The fourth-order valence-corrected chi connectivity index (χ4v) is 0.744. The van der Waals surface area contributed by atoms with Crippen LogP contribution in [0, 0.1) is 20.8 Å². The molecule has 0 aliphatic rings. The molecule has 0 unspecified atom stereocenters. The van der Waals surface area contributed by atoms with Gasteiger partial charge in [-0.05, 0) is 6.92 Å². The monoisotopic (exact) mass is 209 g/mol. The van der Waals surface area contributed by atoms with Crippen molar-refractivity contribution in [3.05, 3.63) is 36.0 Å². The molecule has 1 aromatic rings. The molecular weight excluding hydrogens is 199 g/mol. The SMILES string of the molecule is [CH2-]c1ncc(C)cc1C.[Y]. The van der Waals surface area contributed by atoms with Crippen molar-refractivity contribution in [2.45, 2.75) is 13.8 Å². The topological polar surface area (TPSA) is 12.9 Å². The smallest absolute Gasteiger partial charge is 0.0252 e. The van der Waals surface area contributed by atoms with Gasteiger partial charge >= 0.3 is 0 Å². The molecule has 1 nitrogen and oxygen atoms in total. The second-order valence-corrected chi connectivity index (χ2v) is 2.28. The Morgan fingerprint density at radius 3 is 2.40 bits per heavy atom. The van der Waals surface area contributed by atoms with Crippen LogP contribution in [0.3, 0.4) is 0 Å². The number of rotatable bonds is 0. The molecule has 51 valence electrons. The Morgan fingerprint density at radius 1 is 1.40 bits per heavy atom. The van der Waals surface area contributed by atoms with Gasteiger partial charge in [-0.15, -0.1) is 13.0 Å². The minimum atomic E-state index is 0. The van der Waals surface area contributed by atoms with Crippen molar-refractivity contribution in [1.29, 1.82) is 0 Å². The Bertz CT molecular complexity index is 220. The molecular formula is C8H10NY-. The summed E-state index contributed by atoms with van der Waals surface area (Å²) in [7, 11) is 0. The van der Waals surface area contributed by atoms with Crippen LogP contribution in [-0.4, -0.2) is 4.98 Å². The first kappa shape index (κ1) is 10.1. The van der Waals surface area contributed by atoms with Gasteiger partial charge < -0.3 is 0 Å².